The summed E-state index contributed by atoms with van der Waals surface area (Å²) in [5.41, 5.74) is 6.37. The Hall–Kier alpha value is -2.07. The summed E-state index contributed by atoms with van der Waals surface area (Å²) in [5.74, 6) is 2.64. The standard InChI is InChI=1S/C17H20N4/c18-15-4-6-16(7-5-15)20-9-13-11-21(12-14(13)10-20)17-3-1-2-8-19-17/h1-8,13-14H,9-12,18H2/p+1/t13-,14-/m1/s1. The summed E-state index contributed by atoms with van der Waals surface area (Å²) < 4.78 is 0. The second kappa shape index (κ2) is 5.04. The SMILES string of the molecule is [NH3+]c1ccc(N2C[C@@H]3CN(c4ccccn4)C[C@H]3C2)cc1. The number of fused-ring (bicyclic) bond motifs is 1. The van der Waals surface area contributed by atoms with Crippen LogP contribution in [-0.2, 0) is 0 Å². The maximum absolute atomic E-state index is 4.48. The highest BCUT2D eigenvalue weighted by Crippen LogP contribution is 2.35. The Bertz CT molecular complexity index is 596. The molecular formula is C17H21N4+. The van der Waals surface area contributed by atoms with E-state index in [2.05, 4.69) is 56.9 Å². The van der Waals surface area contributed by atoms with Crippen molar-refractivity contribution >= 4 is 17.2 Å². The van der Waals surface area contributed by atoms with E-state index in [1.54, 1.807) is 0 Å². The van der Waals surface area contributed by atoms with E-state index in [4.69, 9.17) is 0 Å². The van der Waals surface area contributed by atoms with Crippen molar-refractivity contribution in [2.24, 2.45) is 11.8 Å². The average Bonchev–Trinajstić information content (AvgIpc) is 3.07. The molecule has 108 valence electrons. The van der Waals surface area contributed by atoms with Gasteiger partial charge in [0.15, 0.2) is 0 Å². The molecule has 2 fully saturated rings. The van der Waals surface area contributed by atoms with Gasteiger partial charge in [-0.1, -0.05) is 6.07 Å². The fourth-order valence-corrected chi connectivity index (χ4v) is 3.64. The van der Waals surface area contributed by atoms with E-state index < -0.39 is 0 Å². The largest absolute Gasteiger partial charge is 0.371 e. The van der Waals surface area contributed by atoms with Gasteiger partial charge in [-0.25, -0.2) is 4.98 Å². The number of hydrogen-bond acceptors (Lipinski definition) is 3. The lowest BCUT2D eigenvalue weighted by Crippen LogP contribution is -2.40. The van der Waals surface area contributed by atoms with Crippen LogP contribution in [0.1, 0.15) is 0 Å². The first-order valence-electron chi connectivity index (χ1n) is 7.62. The molecule has 0 saturated carbocycles. The molecule has 0 aliphatic carbocycles. The molecule has 4 nitrogen and oxygen atoms in total. The fourth-order valence-electron chi connectivity index (χ4n) is 3.64. The normalized spacial score (nSPS) is 24.4. The van der Waals surface area contributed by atoms with E-state index in [1.165, 1.54) is 5.69 Å². The van der Waals surface area contributed by atoms with E-state index in [1.807, 2.05) is 12.3 Å². The molecule has 2 aliphatic heterocycles. The number of pyridine rings is 1. The van der Waals surface area contributed by atoms with Crippen LogP contribution in [0.3, 0.4) is 0 Å². The fraction of sp³-hybridized carbons (Fsp3) is 0.353. The van der Waals surface area contributed by atoms with Crippen LogP contribution < -0.4 is 15.5 Å². The van der Waals surface area contributed by atoms with Crippen molar-refractivity contribution in [1.82, 2.24) is 4.98 Å². The zero-order valence-electron chi connectivity index (χ0n) is 12.2. The van der Waals surface area contributed by atoms with Crippen molar-refractivity contribution in [1.29, 1.82) is 0 Å². The molecule has 0 spiro atoms. The minimum absolute atomic E-state index is 0.756. The second-order valence-corrected chi connectivity index (χ2v) is 6.18. The first-order chi connectivity index (χ1) is 10.3. The second-order valence-electron chi connectivity index (χ2n) is 6.18. The summed E-state index contributed by atoms with van der Waals surface area (Å²) in [7, 11) is 0. The third-order valence-electron chi connectivity index (χ3n) is 4.76. The van der Waals surface area contributed by atoms with E-state index in [0.717, 1.165) is 49.5 Å². The molecular weight excluding hydrogens is 260 g/mol. The molecule has 4 rings (SSSR count). The van der Waals surface area contributed by atoms with Gasteiger partial charge in [0.05, 0.1) is 0 Å². The number of aromatic nitrogens is 1. The molecule has 0 unspecified atom stereocenters. The predicted octanol–water partition coefficient (Wildman–Crippen LogP) is 1.53. The van der Waals surface area contributed by atoms with E-state index in [-0.39, 0.29) is 0 Å². The van der Waals surface area contributed by atoms with Gasteiger partial charge < -0.3 is 15.5 Å². The Morgan fingerprint density at radius 3 is 2.14 bits per heavy atom. The van der Waals surface area contributed by atoms with Crippen LogP contribution in [0.5, 0.6) is 0 Å². The Kier molecular flexibility index (Phi) is 3.04. The number of nitrogens with zero attached hydrogens (tertiary/aromatic N) is 3. The van der Waals surface area contributed by atoms with Crippen molar-refractivity contribution in [2.75, 3.05) is 36.0 Å². The highest BCUT2D eigenvalue weighted by molar-refractivity contribution is 5.52. The molecule has 21 heavy (non-hydrogen) atoms. The zero-order valence-corrected chi connectivity index (χ0v) is 12.2. The van der Waals surface area contributed by atoms with Gasteiger partial charge in [0.25, 0.3) is 0 Å². The van der Waals surface area contributed by atoms with Crippen LogP contribution in [0.25, 0.3) is 0 Å². The summed E-state index contributed by atoms with van der Waals surface area (Å²) in [6, 6.07) is 14.8. The van der Waals surface area contributed by atoms with Gasteiger partial charge in [-0.05, 0) is 24.3 Å². The lowest BCUT2D eigenvalue weighted by molar-refractivity contribution is -0.254. The molecule has 4 heteroatoms. The Labute approximate surface area is 125 Å². The number of benzene rings is 1. The molecule has 1 aromatic heterocycles. The number of rotatable bonds is 2. The highest BCUT2D eigenvalue weighted by Gasteiger charge is 2.40. The van der Waals surface area contributed by atoms with Gasteiger partial charge in [0.1, 0.15) is 11.5 Å². The topological polar surface area (TPSA) is 47.0 Å². The van der Waals surface area contributed by atoms with E-state index in [9.17, 15) is 0 Å². The molecule has 2 aromatic rings. The van der Waals surface area contributed by atoms with Crippen molar-refractivity contribution in [2.45, 2.75) is 0 Å². The summed E-state index contributed by atoms with van der Waals surface area (Å²) >= 11 is 0. The van der Waals surface area contributed by atoms with Gasteiger partial charge in [-0.3, -0.25) is 0 Å². The van der Waals surface area contributed by atoms with E-state index in [0.29, 0.717) is 0 Å². The zero-order chi connectivity index (χ0) is 14.2. The van der Waals surface area contributed by atoms with Crippen molar-refractivity contribution in [3.63, 3.8) is 0 Å². The average molecular weight is 281 g/mol. The van der Waals surface area contributed by atoms with Crippen LogP contribution in [0, 0.1) is 11.8 Å². The minimum Gasteiger partial charge on any atom is -0.371 e. The number of hydrogen-bond donors (Lipinski definition) is 1. The first-order valence-corrected chi connectivity index (χ1v) is 7.62. The molecule has 0 bridgehead atoms. The molecule has 0 radical (unpaired) electrons. The third kappa shape index (κ3) is 2.36. The Balaban J connectivity index is 1.45. The molecule has 2 aliphatic rings. The third-order valence-corrected chi connectivity index (χ3v) is 4.76. The van der Waals surface area contributed by atoms with E-state index >= 15 is 0 Å². The lowest BCUT2D eigenvalue weighted by atomic mass is 10.0. The lowest BCUT2D eigenvalue weighted by Gasteiger charge is -2.23. The first kappa shape index (κ1) is 12.7. The van der Waals surface area contributed by atoms with Crippen LogP contribution in [0.15, 0.2) is 48.7 Å². The van der Waals surface area contributed by atoms with Crippen molar-refractivity contribution < 1.29 is 5.73 Å². The molecule has 1 aromatic carbocycles. The van der Waals surface area contributed by atoms with Gasteiger partial charge in [0, 0.05) is 62.0 Å². The van der Waals surface area contributed by atoms with Crippen LogP contribution in [-0.4, -0.2) is 31.2 Å². The smallest absolute Gasteiger partial charge is 0.128 e. The van der Waals surface area contributed by atoms with Crippen molar-refractivity contribution in [3.8, 4) is 0 Å². The molecule has 2 atom stereocenters. The summed E-state index contributed by atoms with van der Waals surface area (Å²) in [6.07, 6.45) is 1.88. The summed E-state index contributed by atoms with van der Waals surface area (Å²) in [5, 5.41) is 0. The van der Waals surface area contributed by atoms with Gasteiger partial charge in [-0.15, -0.1) is 0 Å². The molecule has 3 N–H and O–H groups in total. The number of anilines is 2. The molecule has 3 heterocycles. The summed E-state index contributed by atoms with van der Waals surface area (Å²) in [4.78, 5) is 9.43. The van der Waals surface area contributed by atoms with Crippen LogP contribution in [0.4, 0.5) is 17.2 Å². The summed E-state index contributed by atoms with van der Waals surface area (Å²) in [6.45, 7) is 4.58. The van der Waals surface area contributed by atoms with Gasteiger partial charge >= 0.3 is 0 Å². The molecule has 2 saturated heterocycles. The van der Waals surface area contributed by atoms with Crippen LogP contribution >= 0.6 is 0 Å². The Morgan fingerprint density at radius 1 is 0.857 bits per heavy atom. The minimum atomic E-state index is 0.756. The van der Waals surface area contributed by atoms with Crippen LogP contribution in [0.2, 0.25) is 0 Å². The predicted molar refractivity (Wildman–Crippen MR) is 84.6 cm³/mol. The highest BCUT2D eigenvalue weighted by atomic mass is 15.3. The Morgan fingerprint density at radius 2 is 1.52 bits per heavy atom. The number of quaternary nitrogens is 1. The van der Waals surface area contributed by atoms with Gasteiger partial charge in [-0.2, -0.15) is 0 Å². The van der Waals surface area contributed by atoms with Crippen molar-refractivity contribution in [3.05, 3.63) is 48.7 Å². The monoisotopic (exact) mass is 281 g/mol. The maximum atomic E-state index is 4.48. The molecule has 0 amide bonds. The van der Waals surface area contributed by atoms with Gasteiger partial charge in [0.2, 0.25) is 0 Å². The quantitative estimate of drug-likeness (QED) is 0.908. The maximum Gasteiger partial charge on any atom is 0.128 e.